The molecule has 10 heteroatoms. The van der Waals surface area contributed by atoms with Crippen LogP contribution >= 0.6 is 24.0 Å². The maximum absolute atomic E-state index is 13.4. The topological polar surface area (TPSA) is 97.7 Å². The molecule has 2 fully saturated rings. The number of thiocarbonyl (C=S) groups is 1. The lowest BCUT2D eigenvalue weighted by molar-refractivity contribution is -0.134. The summed E-state index contributed by atoms with van der Waals surface area (Å²) in [7, 11) is 0. The van der Waals surface area contributed by atoms with Gasteiger partial charge in [0.15, 0.2) is 5.11 Å². The van der Waals surface area contributed by atoms with Gasteiger partial charge in [-0.05, 0) is 55.3 Å². The lowest BCUT2D eigenvalue weighted by atomic mass is 9.95. The summed E-state index contributed by atoms with van der Waals surface area (Å²) in [6.07, 6.45) is 3.61. The Morgan fingerprint density at radius 2 is 2.19 bits per heavy atom. The molecular formula is C22H29N5O3S2. The number of carbonyl (C=O) groups is 2. The molecule has 1 atom stereocenters. The molecule has 1 aromatic rings. The van der Waals surface area contributed by atoms with Crippen LogP contribution in [0.1, 0.15) is 37.3 Å². The van der Waals surface area contributed by atoms with Gasteiger partial charge in [-0.1, -0.05) is 12.1 Å². The van der Waals surface area contributed by atoms with Crippen LogP contribution in [0.25, 0.3) is 0 Å². The average Bonchev–Trinajstić information content (AvgIpc) is 3.03. The van der Waals surface area contributed by atoms with E-state index in [4.69, 9.17) is 17.0 Å². The number of benzene rings is 1. The van der Waals surface area contributed by atoms with Crippen LogP contribution in [0.5, 0.6) is 0 Å². The lowest BCUT2D eigenvalue weighted by Crippen LogP contribution is -2.60. The Labute approximate surface area is 198 Å². The predicted molar refractivity (Wildman–Crippen MR) is 128 cm³/mol. The van der Waals surface area contributed by atoms with E-state index in [1.807, 2.05) is 34.3 Å². The van der Waals surface area contributed by atoms with Gasteiger partial charge in [0.1, 0.15) is 0 Å². The van der Waals surface area contributed by atoms with E-state index < -0.39 is 11.8 Å². The summed E-state index contributed by atoms with van der Waals surface area (Å²) in [6.45, 7) is 3.68. The molecule has 8 nitrogen and oxygen atoms in total. The van der Waals surface area contributed by atoms with E-state index in [1.54, 1.807) is 24.8 Å². The van der Waals surface area contributed by atoms with Crippen molar-refractivity contribution in [3.05, 3.63) is 35.4 Å². The minimum atomic E-state index is -0.553. The smallest absolute Gasteiger partial charge is 0.413 e. The number of nitriles is 1. The quantitative estimate of drug-likeness (QED) is 0.606. The van der Waals surface area contributed by atoms with Gasteiger partial charge in [-0.2, -0.15) is 17.0 Å². The number of nitrogens with one attached hydrogen (secondary N) is 2. The first-order chi connectivity index (χ1) is 15.4. The molecule has 172 valence electrons. The fourth-order valence-electron chi connectivity index (χ4n) is 4.27. The lowest BCUT2D eigenvalue weighted by Gasteiger charge is -2.45. The molecule has 2 amide bonds. The van der Waals surface area contributed by atoms with Gasteiger partial charge in [-0.25, -0.2) is 4.79 Å². The van der Waals surface area contributed by atoms with Crippen molar-refractivity contribution in [1.82, 2.24) is 20.4 Å². The van der Waals surface area contributed by atoms with E-state index in [0.717, 1.165) is 17.7 Å². The molecule has 32 heavy (non-hydrogen) atoms. The molecule has 1 unspecified atom stereocenters. The molecule has 1 spiro atoms. The first kappa shape index (κ1) is 24.3. The number of nitrogens with zero attached hydrogens (tertiary/aromatic N) is 3. The van der Waals surface area contributed by atoms with Crippen molar-refractivity contribution in [2.75, 3.05) is 31.7 Å². The van der Waals surface area contributed by atoms with Crippen LogP contribution in [0.3, 0.4) is 0 Å². The van der Waals surface area contributed by atoms with Gasteiger partial charge in [-0.3, -0.25) is 15.4 Å². The number of amides is 2. The number of thioether (sulfide) groups is 1. The van der Waals surface area contributed by atoms with E-state index in [2.05, 4.69) is 16.7 Å². The van der Waals surface area contributed by atoms with Gasteiger partial charge in [0.25, 0.3) is 0 Å². The molecule has 0 saturated carbocycles. The molecule has 0 aliphatic carbocycles. The van der Waals surface area contributed by atoms with Gasteiger partial charge < -0.3 is 14.5 Å². The first-order valence-electron chi connectivity index (χ1n) is 10.7. The molecule has 1 aromatic carbocycles. The summed E-state index contributed by atoms with van der Waals surface area (Å²) < 4.78 is 4.91. The first-order valence-corrected chi connectivity index (χ1v) is 12.5. The van der Waals surface area contributed by atoms with E-state index in [1.165, 1.54) is 0 Å². The van der Waals surface area contributed by atoms with Crippen molar-refractivity contribution < 1.29 is 14.3 Å². The van der Waals surface area contributed by atoms with Crippen molar-refractivity contribution >= 4 is 41.1 Å². The Hall–Kier alpha value is -2.35. The fourth-order valence-corrected chi connectivity index (χ4v) is 5.01. The molecule has 0 aromatic heterocycles. The molecule has 2 heterocycles. The predicted octanol–water partition coefficient (Wildman–Crippen LogP) is 2.43. The van der Waals surface area contributed by atoms with Crippen LogP contribution in [-0.4, -0.2) is 70.3 Å². The molecule has 2 aliphatic heterocycles. The Bertz CT molecular complexity index is 896. The molecule has 0 radical (unpaired) electrons. The number of rotatable bonds is 6. The third kappa shape index (κ3) is 5.52. The molecule has 2 aliphatic rings. The van der Waals surface area contributed by atoms with Gasteiger partial charge >= 0.3 is 6.09 Å². The van der Waals surface area contributed by atoms with E-state index in [0.29, 0.717) is 43.2 Å². The molecule has 2 saturated heterocycles. The van der Waals surface area contributed by atoms with Crippen LogP contribution in [0.4, 0.5) is 4.79 Å². The number of carbonyl (C=O) groups excluding carboxylic acids is 2. The maximum Gasteiger partial charge on any atom is 0.413 e. The van der Waals surface area contributed by atoms with Gasteiger partial charge in [0.2, 0.25) is 5.91 Å². The van der Waals surface area contributed by atoms with Gasteiger partial charge in [-0.15, -0.1) is 0 Å². The Morgan fingerprint density at radius 3 is 2.84 bits per heavy atom. The Kier molecular flexibility index (Phi) is 8.34. The second-order valence-corrected chi connectivity index (χ2v) is 9.26. The van der Waals surface area contributed by atoms with Crippen molar-refractivity contribution in [2.24, 2.45) is 0 Å². The summed E-state index contributed by atoms with van der Waals surface area (Å²) in [5.74, 6) is 0.999. The summed E-state index contributed by atoms with van der Waals surface area (Å²) in [4.78, 5) is 28.9. The summed E-state index contributed by atoms with van der Waals surface area (Å²) in [6, 6.07) is 9.34. The minimum absolute atomic E-state index is 0.0992. The van der Waals surface area contributed by atoms with Crippen LogP contribution in [0.2, 0.25) is 0 Å². The van der Waals surface area contributed by atoms with Crippen molar-refractivity contribution in [2.45, 2.75) is 44.4 Å². The van der Waals surface area contributed by atoms with Crippen LogP contribution in [0, 0.1) is 11.3 Å². The summed E-state index contributed by atoms with van der Waals surface area (Å²) >= 11 is 7.10. The Balaban J connectivity index is 1.74. The van der Waals surface area contributed by atoms with Crippen LogP contribution in [-0.2, 0) is 16.1 Å². The van der Waals surface area contributed by atoms with Gasteiger partial charge in [0.05, 0.1) is 29.9 Å². The highest BCUT2D eigenvalue weighted by atomic mass is 32.2. The average molecular weight is 476 g/mol. The van der Waals surface area contributed by atoms with Crippen LogP contribution < -0.4 is 10.6 Å². The van der Waals surface area contributed by atoms with Gasteiger partial charge in [0, 0.05) is 32.5 Å². The minimum Gasteiger partial charge on any atom is -0.450 e. The number of piperidine rings is 1. The zero-order valence-electron chi connectivity index (χ0n) is 18.4. The molecular weight excluding hydrogens is 446 g/mol. The molecule has 3 rings (SSSR count). The number of ether oxygens (including phenoxy) is 1. The Morgan fingerprint density at radius 1 is 1.44 bits per heavy atom. The largest absolute Gasteiger partial charge is 0.450 e. The maximum atomic E-state index is 13.4. The second-order valence-electron chi connectivity index (χ2n) is 7.88. The standard InChI is InChI=1S/C22H29N5O3S2/c1-3-30-21(29)24-20(31)26-10-8-22(9-11-26)25-18(7-12-32-2)19(28)27(22)15-17-6-4-5-16(13-17)14-23/h4-6,13,18,25H,3,7-12,15H2,1-2H3,(H,24,29,31). The highest BCUT2D eigenvalue weighted by Gasteiger charge is 2.51. The third-order valence-corrected chi connectivity index (χ3v) is 6.90. The number of alkyl carbamates (subject to hydrolysis) is 1. The molecule has 0 bridgehead atoms. The van der Waals surface area contributed by atoms with E-state index in [-0.39, 0.29) is 18.6 Å². The number of hydrogen-bond acceptors (Lipinski definition) is 7. The van der Waals surface area contributed by atoms with Crippen LogP contribution in [0.15, 0.2) is 24.3 Å². The second kappa shape index (κ2) is 11.0. The summed E-state index contributed by atoms with van der Waals surface area (Å²) in [5.41, 5.74) is 1.05. The highest BCUT2D eigenvalue weighted by molar-refractivity contribution is 7.98. The zero-order chi connectivity index (χ0) is 23.1. The SMILES string of the molecule is CCOC(=O)NC(=S)N1CCC2(CC1)NC(CCSC)C(=O)N2Cc1cccc(C#N)c1. The van der Waals surface area contributed by atoms with Crippen molar-refractivity contribution in [3.63, 3.8) is 0 Å². The van der Waals surface area contributed by atoms with Crippen molar-refractivity contribution in [3.8, 4) is 6.07 Å². The summed E-state index contributed by atoms with van der Waals surface area (Å²) in [5, 5.41) is 15.8. The van der Waals surface area contributed by atoms with E-state index in [9.17, 15) is 14.9 Å². The van der Waals surface area contributed by atoms with Crippen molar-refractivity contribution in [1.29, 1.82) is 5.26 Å². The number of likely N-dealkylation sites (tertiary alicyclic amines) is 1. The zero-order valence-corrected chi connectivity index (χ0v) is 20.1. The number of hydrogen-bond donors (Lipinski definition) is 2. The monoisotopic (exact) mass is 475 g/mol. The fraction of sp³-hybridized carbons (Fsp3) is 0.545. The molecule has 2 N–H and O–H groups in total. The third-order valence-electron chi connectivity index (χ3n) is 5.89. The van der Waals surface area contributed by atoms with E-state index >= 15 is 0 Å². The highest BCUT2D eigenvalue weighted by Crippen LogP contribution is 2.35. The normalized spacial score (nSPS) is 19.7.